The number of rotatable bonds is 5. The molecule has 1 aromatic carbocycles. The van der Waals surface area contributed by atoms with Gasteiger partial charge in [-0.3, -0.25) is 4.98 Å². The van der Waals surface area contributed by atoms with Crippen LogP contribution < -0.4 is 15.4 Å². The average molecular weight is 320 g/mol. The Balaban J connectivity index is 1.57. The first-order valence-corrected chi connectivity index (χ1v) is 7.42. The number of carbonyl (C=O) groups excluding carboxylic acids is 1. The van der Waals surface area contributed by atoms with Crippen LogP contribution in [0.25, 0.3) is 0 Å². The predicted octanol–water partition coefficient (Wildman–Crippen LogP) is 3.59. The highest BCUT2D eigenvalue weighted by atomic mass is 16.5. The highest BCUT2D eigenvalue weighted by Gasteiger charge is 2.04. The van der Waals surface area contributed by atoms with E-state index in [2.05, 4.69) is 20.6 Å². The van der Waals surface area contributed by atoms with Crippen LogP contribution in [0.1, 0.15) is 5.56 Å². The van der Waals surface area contributed by atoms with Crippen LogP contribution in [0.5, 0.6) is 11.6 Å². The fourth-order valence-electron chi connectivity index (χ4n) is 2.02. The summed E-state index contributed by atoms with van der Waals surface area (Å²) in [7, 11) is 0. The Hall–Kier alpha value is -3.41. The van der Waals surface area contributed by atoms with Crippen molar-refractivity contribution in [2.75, 3.05) is 5.32 Å². The standard InChI is InChI=1S/C18H16N4O2/c23-18(21-13-14-7-10-19-11-8-14)22-15-4-3-5-16(12-15)24-17-6-1-2-9-20-17/h1-12H,13H2,(H2,21,22,23). The molecule has 2 heterocycles. The van der Waals surface area contributed by atoms with E-state index in [4.69, 9.17) is 4.74 Å². The van der Waals surface area contributed by atoms with Crippen molar-refractivity contribution in [1.82, 2.24) is 15.3 Å². The van der Waals surface area contributed by atoms with Crippen molar-refractivity contribution in [3.63, 3.8) is 0 Å². The predicted molar refractivity (Wildman–Crippen MR) is 90.8 cm³/mol. The molecule has 0 aliphatic rings. The Morgan fingerprint density at radius 2 is 1.88 bits per heavy atom. The molecule has 0 aliphatic carbocycles. The highest BCUT2D eigenvalue weighted by molar-refractivity contribution is 5.89. The number of hydrogen-bond donors (Lipinski definition) is 2. The number of aromatic nitrogens is 2. The molecule has 0 unspecified atom stereocenters. The molecule has 2 amide bonds. The van der Waals surface area contributed by atoms with Crippen LogP contribution in [0.15, 0.2) is 73.2 Å². The summed E-state index contributed by atoms with van der Waals surface area (Å²) in [4.78, 5) is 20.0. The van der Waals surface area contributed by atoms with E-state index in [1.807, 2.05) is 24.3 Å². The second-order valence-electron chi connectivity index (χ2n) is 4.96. The lowest BCUT2D eigenvalue weighted by atomic mass is 10.3. The maximum Gasteiger partial charge on any atom is 0.319 e. The fraction of sp³-hybridized carbons (Fsp3) is 0.0556. The van der Waals surface area contributed by atoms with Gasteiger partial charge in [0, 0.05) is 43.0 Å². The van der Waals surface area contributed by atoms with Crippen molar-refractivity contribution >= 4 is 11.7 Å². The van der Waals surface area contributed by atoms with Crippen molar-refractivity contribution in [1.29, 1.82) is 0 Å². The summed E-state index contributed by atoms with van der Waals surface area (Å²) < 4.78 is 5.64. The first kappa shape index (κ1) is 15.5. The van der Waals surface area contributed by atoms with E-state index in [-0.39, 0.29) is 6.03 Å². The molecule has 0 atom stereocenters. The van der Waals surface area contributed by atoms with E-state index >= 15 is 0 Å². The van der Waals surface area contributed by atoms with E-state index < -0.39 is 0 Å². The van der Waals surface area contributed by atoms with Crippen LogP contribution in [0.2, 0.25) is 0 Å². The number of nitrogens with zero attached hydrogens (tertiary/aromatic N) is 2. The molecule has 0 spiro atoms. The molecular formula is C18H16N4O2. The lowest BCUT2D eigenvalue weighted by Crippen LogP contribution is -2.28. The van der Waals surface area contributed by atoms with E-state index in [1.165, 1.54) is 0 Å². The Morgan fingerprint density at radius 1 is 1.00 bits per heavy atom. The molecule has 0 saturated heterocycles. The Morgan fingerprint density at radius 3 is 2.67 bits per heavy atom. The summed E-state index contributed by atoms with van der Waals surface area (Å²) in [5, 5.41) is 5.56. The Bertz CT molecular complexity index is 794. The molecule has 24 heavy (non-hydrogen) atoms. The van der Waals surface area contributed by atoms with Gasteiger partial charge in [-0.2, -0.15) is 0 Å². The molecule has 0 fully saturated rings. The second-order valence-corrected chi connectivity index (χ2v) is 4.96. The van der Waals surface area contributed by atoms with Crippen molar-refractivity contribution in [2.45, 2.75) is 6.54 Å². The molecule has 0 radical (unpaired) electrons. The number of urea groups is 1. The third-order valence-corrected chi connectivity index (χ3v) is 3.15. The van der Waals surface area contributed by atoms with E-state index in [9.17, 15) is 4.79 Å². The lowest BCUT2D eigenvalue weighted by Gasteiger charge is -2.09. The van der Waals surface area contributed by atoms with Gasteiger partial charge in [0.15, 0.2) is 0 Å². The Kier molecular flexibility index (Phi) is 4.99. The summed E-state index contributed by atoms with van der Waals surface area (Å²) in [6.07, 6.45) is 5.03. The maximum atomic E-state index is 12.0. The molecule has 2 N–H and O–H groups in total. The van der Waals surface area contributed by atoms with Crippen molar-refractivity contribution in [2.24, 2.45) is 0 Å². The van der Waals surface area contributed by atoms with Crippen LogP contribution in [-0.4, -0.2) is 16.0 Å². The number of amides is 2. The number of pyridine rings is 2. The molecule has 6 nitrogen and oxygen atoms in total. The number of nitrogens with one attached hydrogen (secondary N) is 2. The van der Waals surface area contributed by atoms with Gasteiger partial charge in [-0.05, 0) is 35.9 Å². The number of anilines is 1. The van der Waals surface area contributed by atoms with Gasteiger partial charge in [0.2, 0.25) is 5.88 Å². The van der Waals surface area contributed by atoms with Gasteiger partial charge in [-0.25, -0.2) is 9.78 Å². The minimum atomic E-state index is -0.290. The molecule has 120 valence electrons. The maximum absolute atomic E-state index is 12.0. The first-order chi connectivity index (χ1) is 11.8. The smallest absolute Gasteiger partial charge is 0.319 e. The second kappa shape index (κ2) is 7.73. The summed E-state index contributed by atoms with van der Waals surface area (Å²) in [6, 6.07) is 16.0. The molecule has 2 aromatic heterocycles. The van der Waals surface area contributed by atoms with E-state index in [0.717, 1.165) is 5.56 Å². The van der Waals surface area contributed by atoms with E-state index in [1.54, 1.807) is 48.9 Å². The normalized spacial score (nSPS) is 10.0. The molecular weight excluding hydrogens is 304 g/mol. The first-order valence-electron chi connectivity index (χ1n) is 7.42. The van der Waals surface area contributed by atoms with Crippen LogP contribution in [0.3, 0.4) is 0 Å². The van der Waals surface area contributed by atoms with Gasteiger partial charge in [0.05, 0.1) is 0 Å². The van der Waals surface area contributed by atoms with Gasteiger partial charge in [-0.1, -0.05) is 12.1 Å². The third kappa shape index (κ3) is 4.54. The average Bonchev–Trinajstić information content (AvgIpc) is 2.62. The summed E-state index contributed by atoms with van der Waals surface area (Å²) in [5.41, 5.74) is 1.61. The fourth-order valence-corrected chi connectivity index (χ4v) is 2.02. The van der Waals surface area contributed by atoms with Crippen LogP contribution in [0, 0.1) is 0 Å². The van der Waals surface area contributed by atoms with Gasteiger partial charge >= 0.3 is 6.03 Å². The Labute approximate surface area is 139 Å². The third-order valence-electron chi connectivity index (χ3n) is 3.15. The topological polar surface area (TPSA) is 76.1 Å². The van der Waals surface area contributed by atoms with Gasteiger partial charge in [-0.15, -0.1) is 0 Å². The monoisotopic (exact) mass is 320 g/mol. The zero-order valence-corrected chi connectivity index (χ0v) is 12.8. The summed E-state index contributed by atoms with van der Waals surface area (Å²) in [6.45, 7) is 0.429. The van der Waals surface area contributed by atoms with Gasteiger partial charge < -0.3 is 15.4 Å². The minimum Gasteiger partial charge on any atom is -0.439 e. The highest BCUT2D eigenvalue weighted by Crippen LogP contribution is 2.22. The zero-order valence-electron chi connectivity index (χ0n) is 12.8. The van der Waals surface area contributed by atoms with Crippen LogP contribution in [-0.2, 0) is 6.54 Å². The number of carbonyl (C=O) groups is 1. The molecule has 0 saturated carbocycles. The number of ether oxygens (including phenoxy) is 1. The van der Waals surface area contributed by atoms with Crippen LogP contribution >= 0.6 is 0 Å². The number of hydrogen-bond acceptors (Lipinski definition) is 4. The summed E-state index contributed by atoms with van der Waals surface area (Å²) >= 11 is 0. The lowest BCUT2D eigenvalue weighted by molar-refractivity contribution is 0.251. The van der Waals surface area contributed by atoms with Gasteiger partial charge in [0.1, 0.15) is 5.75 Å². The van der Waals surface area contributed by atoms with Crippen molar-refractivity contribution in [3.05, 3.63) is 78.8 Å². The van der Waals surface area contributed by atoms with Crippen molar-refractivity contribution < 1.29 is 9.53 Å². The van der Waals surface area contributed by atoms with Gasteiger partial charge in [0.25, 0.3) is 0 Å². The molecule has 0 aliphatic heterocycles. The SMILES string of the molecule is O=C(NCc1ccncc1)Nc1cccc(Oc2ccccn2)c1. The molecule has 3 aromatic rings. The van der Waals surface area contributed by atoms with E-state index in [0.29, 0.717) is 23.9 Å². The minimum absolute atomic E-state index is 0.290. The summed E-state index contributed by atoms with van der Waals surface area (Å²) in [5.74, 6) is 1.09. The van der Waals surface area contributed by atoms with Crippen molar-refractivity contribution in [3.8, 4) is 11.6 Å². The number of benzene rings is 1. The largest absolute Gasteiger partial charge is 0.439 e. The molecule has 0 bridgehead atoms. The van der Waals surface area contributed by atoms with Crippen LogP contribution in [0.4, 0.5) is 10.5 Å². The zero-order chi connectivity index (χ0) is 16.6. The molecule has 3 rings (SSSR count). The quantitative estimate of drug-likeness (QED) is 0.753. The molecule has 6 heteroatoms.